The van der Waals surface area contributed by atoms with Crippen molar-refractivity contribution in [2.45, 2.75) is 19.8 Å². The number of methoxy groups -OCH3 is 1. The Morgan fingerprint density at radius 1 is 1.18 bits per heavy atom. The highest BCUT2D eigenvalue weighted by Gasteiger charge is 2.40. The van der Waals surface area contributed by atoms with E-state index >= 15 is 0 Å². The Morgan fingerprint density at radius 2 is 1.88 bits per heavy atom. The lowest BCUT2D eigenvalue weighted by Gasteiger charge is -2.32. The number of thioether (sulfide) groups is 1. The number of dihydropyridines is 1. The molecule has 0 aliphatic carbocycles. The van der Waals surface area contributed by atoms with Crippen molar-refractivity contribution in [1.29, 1.82) is 0 Å². The van der Waals surface area contributed by atoms with E-state index in [4.69, 9.17) is 32.7 Å². The molecule has 1 atom stereocenters. The number of hydrogen-bond acceptors (Lipinski definition) is 8. The summed E-state index contributed by atoms with van der Waals surface area (Å²) in [5.74, 6) is -2.28. The van der Waals surface area contributed by atoms with Crippen LogP contribution in [-0.4, -0.2) is 56.3 Å². The van der Waals surface area contributed by atoms with Crippen molar-refractivity contribution in [2.75, 3.05) is 38.4 Å². The predicted octanol–water partition coefficient (Wildman–Crippen LogP) is 4.63. The maximum atomic E-state index is 14.1. The number of carbonyl (C=O) groups is 3. The van der Waals surface area contributed by atoms with E-state index < -0.39 is 30.4 Å². The molecular weight excluding hydrogens is 508 g/mol. The van der Waals surface area contributed by atoms with Gasteiger partial charge in [-0.05, 0) is 18.6 Å². The quantitative estimate of drug-likeness (QED) is 0.266. The molecule has 0 bridgehead atoms. The molecule has 184 valence electrons. The van der Waals surface area contributed by atoms with Gasteiger partial charge in [0.15, 0.2) is 0 Å². The van der Waals surface area contributed by atoms with Crippen LogP contribution in [0.1, 0.15) is 25.3 Å². The standard InChI is InChI=1S/C22H24Cl2FN3O5S/c1-4-33-22(31)19-16(11-34-9-8-26-28-12(2)29)27-15(10-25)18(21(30)32-3)17(19)13-6-5-7-14(23)20(13)24/h5-7,17,27H,4,8-11H2,1-3H3. The number of esters is 2. The Hall–Kier alpha value is -2.43. The molecule has 0 saturated heterocycles. The molecule has 1 aromatic carbocycles. The third kappa shape index (κ3) is 6.80. The summed E-state index contributed by atoms with van der Waals surface area (Å²) in [5, 5.41) is 10.4. The van der Waals surface area contributed by atoms with Crippen LogP contribution < -0.4 is 5.32 Å². The number of carbonyl (C=O) groups excluding carboxylic acids is 3. The number of azo groups is 1. The second-order valence-corrected chi connectivity index (χ2v) is 8.76. The molecule has 2 rings (SSSR count). The van der Waals surface area contributed by atoms with E-state index in [9.17, 15) is 18.8 Å². The fourth-order valence-electron chi connectivity index (χ4n) is 3.31. The monoisotopic (exact) mass is 531 g/mol. The Labute approximate surface area is 210 Å². The minimum atomic E-state index is -1.07. The molecule has 8 nitrogen and oxygen atoms in total. The first-order valence-corrected chi connectivity index (χ1v) is 12.1. The second-order valence-electron chi connectivity index (χ2n) is 6.87. The van der Waals surface area contributed by atoms with Crippen LogP contribution in [0.3, 0.4) is 0 Å². The van der Waals surface area contributed by atoms with Crippen molar-refractivity contribution in [3.05, 3.63) is 56.3 Å². The van der Waals surface area contributed by atoms with Gasteiger partial charge in [0, 0.05) is 24.1 Å². The van der Waals surface area contributed by atoms with Crippen molar-refractivity contribution < 1.29 is 28.2 Å². The molecule has 0 radical (unpaired) electrons. The second kappa shape index (κ2) is 13.5. The molecule has 12 heteroatoms. The predicted molar refractivity (Wildman–Crippen MR) is 129 cm³/mol. The highest BCUT2D eigenvalue weighted by molar-refractivity contribution is 7.99. The number of alkyl halides is 1. The smallest absolute Gasteiger partial charge is 0.336 e. The number of benzene rings is 1. The molecule has 1 aliphatic rings. The number of nitrogens with zero attached hydrogens (tertiary/aromatic N) is 2. The van der Waals surface area contributed by atoms with E-state index in [0.29, 0.717) is 17.0 Å². The topological polar surface area (TPSA) is 106 Å². The SMILES string of the molecule is CCOC(=O)C1=C(CSCCN=NC(C)=O)NC(CF)=C(C(=O)OC)C1c1cccc(Cl)c1Cl. The third-order valence-electron chi connectivity index (χ3n) is 4.65. The molecule has 1 unspecified atom stereocenters. The molecule has 0 saturated carbocycles. The third-order valence-corrected chi connectivity index (χ3v) is 6.45. The van der Waals surface area contributed by atoms with Gasteiger partial charge in [-0.3, -0.25) is 4.79 Å². The zero-order valence-electron chi connectivity index (χ0n) is 18.8. The zero-order valence-corrected chi connectivity index (χ0v) is 21.2. The summed E-state index contributed by atoms with van der Waals surface area (Å²) in [6, 6.07) is 4.79. The minimum absolute atomic E-state index is 0.0483. The first kappa shape index (κ1) is 27.8. The average Bonchev–Trinajstić information content (AvgIpc) is 2.81. The average molecular weight is 532 g/mol. The molecule has 1 amide bonds. The largest absolute Gasteiger partial charge is 0.466 e. The van der Waals surface area contributed by atoms with E-state index in [2.05, 4.69) is 15.5 Å². The molecular formula is C22H24Cl2FN3O5S. The lowest BCUT2D eigenvalue weighted by atomic mass is 9.80. The molecule has 0 spiro atoms. The summed E-state index contributed by atoms with van der Waals surface area (Å²) in [4.78, 5) is 36.7. The Kier molecular flexibility index (Phi) is 11.0. The Morgan fingerprint density at radius 3 is 2.50 bits per heavy atom. The summed E-state index contributed by atoms with van der Waals surface area (Å²) in [5.41, 5.74) is 0.645. The van der Waals surface area contributed by atoms with Crippen molar-refractivity contribution in [2.24, 2.45) is 10.2 Å². The highest BCUT2D eigenvalue weighted by Crippen LogP contribution is 2.44. The number of nitrogens with one attached hydrogen (secondary N) is 1. The lowest BCUT2D eigenvalue weighted by Crippen LogP contribution is -2.35. The molecule has 1 heterocycles. The van der Waals surface area contributed by atoms with Crippen LogP contribution in [0.15, 0.2) is 51.0 Å². The number of hydrogen-bond donors (Lipinski definition) is 1. The van der Waals surface area contributed by atoms with Gasteiger partial charge in [-0.15, -0.1) is 5.11 Å². The fraction of sp³-hybridized carbons (Fsp3) is 0.409. The Bertz CT molecular complexity index is 1050. The van der Waals surface area contributed by atoms with Crippen molar-refractivity contribution in [3.8, 4) is 0 Å². The van der Waals surface area contributed by atoms with Crippen LogP contribution in [-0.2, 0) is 23.9 Å². The van der Waals surface area contributed by atoms with E-state index in [1.807, 2.05) is 0 Å². The van der Waals surface area contributed by atoms with E-state index in [0.717, 1.165) is 7.11 Å². The highest BCUT2D eigenvalue weighted by atomic mass is 35.5. The Balaban J connectivity index is 2.59. The lowest BCUT2D eigenvalue weighted by molar-refractivity contribution is -0.139. The van der Waals surface area contributed by atoms with E-state index in [1.165, 1.54) is 18.7 Å². The van der Waals surface area contributed by atoms with Gasteiger partial charge in [0.2, 0.25) is 0 Å². The molecule has 0 aromatic heterocycles. The number of amides is 1. The van der Waals surface area contributed by atoms with Gasteiger partial charge in [-0.1, -0.05) is 35.3 Å². The van der Waals surface area contributed by atoms with Gasteiger partial charge in [0.1, 0.15) is 6.67 Å². The summed E-state index contributed by atoms with van der Waals surface area (Å²) < 4.78 is 24.3. The van der Waals surface area contributed by atoms with Crippen molar-refractivity contribution >= 4 is 52.8 Å². The van der Waals surface area contributed by atoms with Crippen LogP contribution in [0.25, 0.3) is 0 Å². The van der Waals surface area contributed by atoms with Gasteiger partial charge >= 0.3 is 11.9 Å². The maximum absolute atomic E-state index is 14.1. The number of rotatable bonds is 10. The van der Waals surface area contributed by atoms with Gasteiger partial charge in [-0.25, -0.2) is 14.0 Å². The number of allylic oxidation sites excluding steroid dienone is 1. The summed E-state index contributed by atoms with van der Waals surface area (Å²) in [7, 11) is 1.16. The van der Waals surface area contributed by atoms with E-state index in [-0.39, 0.29) is 45.8 Å². The fourth-order valence-corrected chi connectivity index (χ4v) is 4.52. The van der Waals surface area contributed by atoms with Crippen LogP contribution in [0, 0.1) is 0 Å². The van der Waals surface area contributed by atoms with Crippen LogP contribution in [0.5, 0.6) is 0 Å². The van der Waals surface area contributed by atoms with Gasteiger partial charge in [0.25, 0.3) is 5.91 Å². The molecule has 0 fully saturated rings. The van der Waals surface area contributed by atoms with Crippen LogP contribution in [0.4, 0.5) is 4.39 Å². The van der Waals surface area contributed by atoms with Crippen molar-refractivity contribution in [3.63, 3.8) is 0 Å². The summed E-state index contributed by atoms with van der Waals surface area (Å²) in [6.45, 7) is 2.28. The van der Waals surface area contributed by atoms with Gasteiger partial charge < -0.3 is 14.8 Å². The maximum Gasteiger partial charge on any atom is 0.336 e. The number of halogens is 3. The molecule has 1 aromatic rings. The number of ether oxygens (including phenoxy) is 2. The van der Waals surface area contributed by atoms with Gasteiger partial charge in [-0.2, -0.15) is 16.9 Å². The minimum Gasteiger partial charge on any atom is -0.466 e. The van der Waals surface area contributed by atoms with Crippen LogP contribution >= 0.6 is 35.0 Å². The van der Waals surface area contributed by atoms with E-state index in [1.54, 1.807) is 25.1 Å². The van der Waals surface area contributed by atoms with Crippen LogP contribution in [0.2, 0.25) is 10.0 Å². The first-order valence-electron chi connectivity index (χ1n) is 10.2. The molecule has 1 N–H and O–H groups in total. The zero-order chi connectivity index (χ0) is 25.3. The first-order chi connectivity index (χ1) is 16.3. The molecule has 34 heavy (non-hydrogen) atoms. The van der Waals surface area contributed by atoms with Crippen molar-refractivity contribution in [1.82, 2.24) is 5.32 Å². The van der Waals surface area contributed by atoms with Gasteiger partial charge in [0.05, 0.1) is 53.1 Å². The summed E-state index contributed by atoms with van der Waals surface area (Å²) in [6.07, 6.45) is 0. The normalized spacial score (nSPS) is 16.0. The summed E-state index contributed by atoms with van der Waals surface area (Å²) >= 11 is 14.0. The molecule has 1 aliphatic heterocycles.